The van der Waals surface area contributed by atoms with Crippen molar-refractivity contribution in [2.24, 2.45) is 28.6 Å². The van der Waals surface area contributed by atoms with Crippen molar-refractivity contribution >= 4 is 11.8 Å². The van der Waals surface area contributed by atoms with Crippen molar-refractivity contribution in [1.29, 1.82) is 0 Å². The summed E-state index contributed by atoms with van der Waals surface area (Å²) >= 11 is 2.33. The van der Waals surface area contributed by atoms with Crippen molar-refractivity contribution in [3.8, 4) is 0 Å². The summed E-state index contributed by atoms with van der Waals surface area (Å²) in [6, 6.07) is 0. The van der Waals surface area contributed by atoms with E-state index >= 15 is 0 Å². The standard InChI is InChI=1S/C17H32S/c1-11-8-9-12-13(10-11)15(17(5,6)7)18-14(12)16(2,3)4/h11-15H,8-10H2,1-7H3. The fourth-order valence-corrected chi connectivity index (χ4v) is 6.41. The maximum Gasteiger partial charge on any atom is 0.0130 e. The Morgan fingerprint density at radius 3 is 1.78 bits per heavy atom. The van der Waals surface area contributed by atoms with E-state index in [0.29, 0.717) is 10.8 Å². The highest BCUT2D eigenvalue weighted by molar-refractivity contribution is 8.00. The maximum atomic E-state index is 2.46. The van der Waals surface area contributed by atoms with E-state index in [0.717, 1.165) is 28.3 Å². The van der Waals surface area contributed by atoms with E-state index in [2.05, 4.69) is 60.2 Å². The number of rotatable bonds is 0. The first kappa shape index (κ1) is 14.8. The van der Waals surface area contributed by atoms with Gasteiger partial charge in [-0.1, -0.05) is 54.9 Å². The largest absolute Gasteiger partial charge is 0.153 e. The van der Waals surface area contributed by atoms with Crippen molar-refractivity contribution in [3.05, 3.63) is 0 Å². The van der Waals surface area contributed by atoms with Crippen LogP contribution in [-0.4, -0.2) is 10.5 Å². The quantitative estimate of drug-likeness (QED) is 0.550. The first-order valence-corrected chi connectivity index (χ1v) is 8.70. The van der Waals surface area contributed by atoms with Gasteiger partial charge in [0.2, 0.25) is 0 Å². The molecule has 106 valence electrons. The van der Waals surface area contributed by atoms with Gasteiger partial charge in [-0.05, 0) is 41.4 Å². The molecule has 5 atom stereocenters. The molecule has 0 nitrogen and oxygen atoms in total. The van der Waals surface area contributed by atoms with Gasteiger partial charge in [0.05, 0.1) is 0 Å². The van der Waals surface area contributed by atoms with Crippen LogP contribution in [0.3, 0.4) is 0 Å². The Labute approximate surface area is 119 Å². The van der Waals surface area contributed by atoms with Gasteiger partial charge in [0, 0.05) is 10.5 Å². The highest BCUT2D eigenvalue weighted by atomic mass is 32.2. The Hall–Kier alpha value is 0.350. The normalized spacial score (nSPS) is 41.8. The molecule has 2 rings (SSSR count). The van der Waals surface area contributed by atoms with Crippen molar-refractivity contribution in [2.75, 3.05) is 0 Å². The van der Waals surface area contributed by atoms with Crippen LogP contribution in [0.15, 0.2) is 0 Å². The Kier molecular flexibility index (Phi) is 3.87. The summed E-state index contributed by atoms with van der Waals surface area (Å²) in [6.45, 7) is 17.2. The summed E-state index contributed by atoms with van der Waals surface area (Å²) in [4.78, 5) is 0. The van der Waals surface area contributed by atoms with Crippen molar-refractivity contribution in [2.45, 2.75) is 78.2 Å². The third kappa shape index (κ3) is 2.76. The van der Waals surface area contributed by atoms with Gasteiger partial charge < -0.3 is 0 Å². The van der Waals surface area contributed by atoms with Gasteiger partial charge in [0.1, 0.15) is 0 Å². The highest BCUT2D eigenvalue weighted by Crippen LogP contribution is 2.59. The van der Waals surface area contributed by atoms with Crippen molar-refractivity contribution in [3.63, 3.8) is 0 Å². The van der Waals surface area contributed by atoms with Crippen LogP contribution >= 0.6 is 11.8 Å². The molecule has 2 aliphatic rings. The molecule has 0 aromatic carbocycles. The third-order valence-corrected chi connectivity index (χ3v) is 7.70. The van der Waals surface area contributed by atoms with Crippen LogP contribution in [0.5, 0.6) is 0 Å². The average Bonchev–Trinajstić information content (AvgIpc) is 2.54. The lowest BCUT2D eigenvalue weighted by Crippen LogP contribution is -2.36. The Balaban J connectivity index is 2.25. The first-order chi connectivity index (χ1) is 8.10. The molecule has 1 heterocycles. The molecule has 5 unspecified atom stereocenters. The lowest BCUT2D eigenvalue weighted by molar-refractivity contribution is 0.135. The molecule has 0 bridgehead atoms. The minimum atomic E-state index is 0.463. The molecule has 1 aliphatic heterocycles. The van der Waals surface area contributed by atoms with Crippen molar-refractivity contribution < 1.29 is 0 Å². The average molecular weight is 269 g/mol. The summed E-state index contributed by atoms with van der Waals surface area (Å²) in [7, 11) is 0. The summed E-state index contributed by atoms with van der Waals surface area (Å²) in [6.07, 6.45) is 4.42. The second-order valence-electron chi connectivity index (χ2n) is 8.96. The molecule has 0 spiro atoms. The molecular weight excluding hydrogens is 236 g/mol. The third-order valence-electron chi connectivity index (χ3n) is 5.00. The Bertz CT molecular complexity index is 294. The van der Waals surface area contributed by atoms with Crippen LogP contribution in [-0.2, 0) is 0 Å². The molecule has 0 aromatic heterocycles. The lowest BCUT2D eigenvalue weighted by Gasteiger charge is -2.39. The van der Waals surface area contributed by atoms with Crippen LogP contribution in [0.2, 0.25) is 0 Å². The summed E-state index contributed by atoms with van der Waals surface area (Å²) in [5.74, 6) is 2.91. The number of hydrogen-bond acceptors (Lipinski definition) is 1. The van der Waals surface area contributed by atoms with Gasteiger partial charge in [0.15, 0.2) is 0 Å². The second kappa shape index (κ2) is 4.72. The van der Waals surface area contributed by atoms with Crippen LogP contribution < -0.4 is 0 Å². The minimum absolute atomic E-state index is 0.463. The molecule has 0 N–H and O–H groups in total. The fourth-order valence-electron chi connectivity index (χ4n) is 4.22. The van der Waals surface area contributed by atoms with Gasteiger partial charge in [0.25, 0.3) is 0 Å². The Morgan fingerprint density at radius 1 is 0.778 bits per heavy atom. The molecule has 1 heteroatoms. The van der Waals surface area contributed by atoms with Gasteiger partial charge in [-0.3, -0.25) is 0 Å². The van der Waals surface area contributed by atoms with E-state index in [1.165, 1.54) is 19.3 Å². The monoisotopic (exact) mass is 268 g/mol. The molecule has 1 aliphatic carbocycles. The second-order valence-corrected chi connectivity index (χ2v) is 10.2. The molecule has 0 aromatic rings. The molecule has 18 heavy (non-hydrogen) atoms. The van der Waals surface area contributed by atoms with E-state index < -0.39 is 0 Å². The van der Waals surface area contributed by atoms with Crippen LogP contribution in [0, 0.1) is 28.6 Å². The summed E-state index contributed by atoms with van der Waals surface area (Å²) < 4.78 is 0. The minimum Gasteiger partial charge on any atom is -0.153 e. The SMILES string of the molecule is CC1CCC2C(C1)C(C(C)(C)C)SC2C(C)(C)C. The zero-order chi connectivity index (χ0) is 13.7. The van der Waals surface area contributed by atoms with Crippen LogP contribution in [0.25, 0.3) is 0 Å². The predicted molar refractivity (Wildman–Crippen MR) is 84.1 cm³/mol. The molecule has 1 saturated heterocycles. The predicted octanol–water partition coefficient (Wildman–Crippen LogP) is 5.62. The lowest BCUT2D eigenvalue weighted by atomic mass is 9.65. The van der Waals surface area contributed by atoms with E-state index in [1.807, 2.05) is 0 Å². The van der Waals surface area contributed by atoms with E-state index in [4.69, 9.17) is 0 Å². The van der Waals surface area contributed by atoms with Gasteiger partial charge in [-0.25, -0.2) is 0 Å². The molecule has 0 amide bonds. The summed E-state index contributed by atoms with van der Waals surface area (Å²) in [5.41, 5.74) is 0.929. The van der Waals surface area contributed by atoms with Crippen molar-refractivity contribution in [1.82, 2.24) is 0 Å². The Morgan fingerprint density at radius 2 is 1.28 bits per heavy atom. The number of hydrogen-bond donors (Lipinski definition) is 0. The van der Waals surface area contributed by atoms with E-state index in [1.54, 1.807) is 0 Å². The molecule has 1 saturated carbocycles. The highest BCUT2D eigenvalue weighted by Gasteiger charge is 2.52. The molecule has 0 radical (unpaired) electrons. The topological polar surface area (TPSA) is 0 Å². The summed E-state index contributed by atoms with van der Waals surface area (Å²) in [5, 5.41) is 1.74. The smallest absolute Gasteiger partial charge is 0.0130 e. The zero-order valence-electron chi connectivity index (χ0n) is 13.4. The number of fused-ring (bicyclic) bond motifs is 1. The van der Waals surface area contributed by atoms with Gasteiger partial charge in [-0.2, -0.15) is 11.8 Å². The van der Waals surface area contributed by atoms with E-state index in [9.17, 15) is 0 Å². The fraction of sp³-hybridized carbons (Fsp3) is 1.00. The van der Waals surface area contributed by atoms with Crippen LogP contribution in [0.1, 0.15) is 67.7 Å². The van der Waals surface area contributed by atoms with Gasteiger partial charge >= 0.3 is 0 Å². The first-order valence-electron chi connectivity index (χ1n) is 7.76. The van der Waals surface area contributed by atoms with Gasteiger partial charge in [-0.15, -0.1) is 0 Å². The zero-order valence-corrected chi connectivity index (χ0v) is 14.2. The molecule has 2 fully saturated rings. The van der Waals surface area contributed by atoms with E-state index in [-0.39, 0.29) is 0 Å². The van der Waals surface area contributed by atoms with Crippen LogP contribution in [0.4, 0.5) is 0 Å². The number of thioether (sulfide) groups is 1. The maximum absolute atomic E-state index is 2.46. The molecular formula is C17H32S.